The van der Waals surface area contributed by atoms with E-state index < -0.39 is 5.41 Å². The van der Waals surface area contributed by atoms with Gasteiger partial charge in [-0.3, -0.25) is 4.79 Å². The van der Waals surface area contributed by atoms with Gasteiger partial charge in [0.25, 0.3) is 0 Å². The first-order valence-corrected chi connectivity index (χ1v) is 9.93. The van der Waals surface area contributed by atoms with Gasteiger partial charge in [0.05, 0.1) is 24.9 Å². The Morgan fingerprint density at radius 1 is 1.35 bits per heavy atom. The number of hydrogen-bond donors (Lipinski definition) is 1. The van der Waals surface area contributed by atoms with Crippen LogP contribution >= 0.6 is 55.1 Å². The standard InChI is InChI=1S/C17H14Br2Cl2N2O3/c1-16(9-17(16,18)19)15(24)23-22-7-11-2-3-12(26-11)8-25-10-4-5-13(20)14(21)6-10/h2-7H,8-9H2,1H3,(H,23,24)/t16-/m1/s1. The van der Waals surface area contributed by atoms with Crippen molar-refractivity contribution in [3.8, 4) is 5.75 Å². The summed E-state index contributed by atoms with van der Waals surface area (Å²) >= 11 is 18.7. The van der Waals surface area contributed by atoms with Gasteiger partial charge in [-0.2, -0.15) is 5.10 Å². The first-order chi connectivity index (χ1) is 12.2. The molecule has 1 aliphatic rings. The van der Waals surface area contributed by atoms with Gasteiger partial charge in [0.1, 0.15) is 23.9 Å². The van der Waals surface area contributed by atoms with Crippen LogP contribution in [0.1, 0.15) is 24.9 Å². The maximum Gasteiger partial charge on any atom is 0.248 e. The zero-order valence-corrected chi connectivity index (χ0v) is 18.2. The van der Waals surface area contributed by atoms with E-state index in [1.54, 1.807) is 30.3 Å². The van der Waals surface area contributed by atoms with Gasteiger partial charge >= 0.3 is 0 Å². The second-order valence-electron chi connectivity index (χ2n) is 6.08. The molecule has 1 aromatic heterocycles. The largest absolute Gasteiger partial charge is 0.486 e. The molecular weight excluding hydrogens is 511 g/mol. The second kappa shape index (κ2) is 7.54. The summed E-state index contributed by atoms with van der Waals surface area (Å²) in [5.74, 6) is 1.53. The van der Waals surface area contributed by atoms with Crippen molar-refractivity contribution in [2.24, 2.45) is 10.5 Å². The van der Waals surface area contributed by atoms with Crippen LogP contribution in [0.3, 0.4) is 0 Å². The van der Waals surface area contributed by atoms with E-state index in [1.807, 2.05) is 6.92 Å². The maximum atomic E-state index is 12.1. The van der Waals surface area contributed by atoms with Crippen LogP contribution in [0.15, 0.2) is 39.9 Å². The van der Waals surface area contributed by atoms with Crippen LogP contribution in [0.25, 0.3) is 0 Å². The van der Waals surface area contributed by atoms with Crippen LogP contribution in [0, 0.1) is 5.41 Å². The van der Waals surface area contributed by atoms with Crippen molar-refractivity contribution < 1.29 is 13.9 Å². The number of halogens is 4. The van der Waals surface area contributed by atoms with Crippen molar-refractivity contribution >= 4 is 67.2 Å². The predicted octanol–water partition coefficient (Wildman–Crippen LogP) is 5.51. The van der Waals surface area contributed by atoms with Crippen LogP contribution in [-0.2, 0) is 11.4 Å². The fourth-order valence-corrected chi connectivity index (χ4v) is 3.96. The molecule has 5 nitrogen and oxygen atoms in total. The molecule has 1 heterocycles. The number of nitrogens with zero attached hydrogens (tertiary/aromatic N) is 1. The summed E-state index contributed by atoms with van der Waals surface area (Å²) in [5, 5.41) is 4.82. The van der Waals surface area contributed by atoms with Gasteiger partial charge in [-0.25, -0.2) is 5.43 Å². The van der Waals surface area contributed by atoms with Crippen LogP contribution in [0.4, 0.5) is 0 Å². The summed E-state index contributed by atoms with van der Waals surface area (Å²) in [7, 11) is 0. The molecule has 2 aromatic rings. The number of hydrazone groups is 1. The summed E-state index contributed by atoms with van der Waals surface area (Å²) in [6.07, 6.45) is 2.13. The Morgan fingerprint density at radius 3 is 2.73 bits per heavy atom. The topological polar surface area (TPSA) is 63.8 Å². The highest BCUT2D eigenvalue weighted by atomic mass is 79.9. The molecule has 138 valence electrons. The van der Waals surface area contributed by atoms with E-state index in [4.69, 9.17) is 32.4 Å². The Kier molecular flexibility index (Phi) is 5.72. The van der Waals surface area contributed by atoms with Gasteiger partial charge < -0.3 is 9.15 Å². The van der Waals surface area contributed by atoms with Gasteiger partial charge in [-0.15, -0.1) is 0 Å². The first kappa shape index (κ1) is 19.7. The molecule has 0 spiro atoms. The summed E-state index contributed by atoms with van der Waals surface area (Å²) in [4.78, 5) is 12.1. The molecule has 1 aliphatic carbocycles. The zero-order chi connectivity index (χ0) is 18.9. The number of furan rings is 1. The molecule has 0 unspecified atom stereocenters. The number of alkyl halides is 2. The average molecular weight is 525 g/mol. The van der Waals surface area contributed by atoms with Crippen molar-refractivity contribution in [3.63, 3.8) is 0 Å². The Bertz CT molecular complexity index is 869. The molecule has 1 atom stereocenters. The molecule has 1 amide bonds. The summed E-state index contributed by atoms with van der Waals surface area (Å²) < 4.78 is 10.8. The van der Waals surface area contributed by atoms with E-state index in [1.165, 1.54) is 6.21 Å². The third kappa shape index (κ3) is 4.27. The lowest BCUT2D eigenvalue weighted by Crippen LogP contribution is -2.29. The molecule has 0 saturated heterocycles. The molecule has 26 heavy (non-hydrogen) atoms. The van der Waals surface area contributed by atoms with Crippen molar-refractivity contribution in [2.75, 3.05) is 0 Å². The highest BCUT2D eigenvalue weighted by molar-refractivity contribution is 9.25. The van der Waals surface area contributed by atoms with Crippen molar-refractivity contribution in [2.45, 2.75) is 23.2 Å². The third-order valence-corrected chi connectivity index (χ3v) is 7.12. The van der Waals surface area contributed by atoms with Crippen LogP contribution < -0.4 is 10.2 Å². The lowest BCUT2D eigenvalue weighted by atomic mass is 10.1. The van der Waals surface area contributed by atoms with Crippen molar-refractivity contribution in [3.05, 3.63) is 51.9 Å². The Morgan fingerprint density at radius 2 is 2.08 bits per heavy atom. The highest BCUT2D eigenvalue weighted by Gasteiger charge is 2.66. The van der Waals surface area contributed by atoms with Gasteiger partial charge in [0, 0.05) is 6.07 Å². The van der Waals surface area contributed by atoms with E-state index in [0.29, 0.717) is 33.7 Å². The smallest absolute Gasteiger partial charge is 0.248 e. The number of rotatable bonds is 6. The normalized spacial score (nSPS) is 21.0. The monoisotopic (exact) mass is 522 g/mol. The number of carbonyl (C=O) groups excluding carboxylic acids is 1. The molecule has 1 N–H and O–H groups in total. The first-order valence-electron chi connectivity index (χ1n) is 7.59. The van der Waals surface area contributed by atoms with Crippen LogP contribution in [-0.4, -0.2) is 15.4 Å². The number of amides is 1. The van der Waals surface area contributed by atoms with Gasteiger partial charge in [0.15, 0.2) is 0 Å². The summed E-state index contributed by atoms with van der Waals surface area (Å²) in [6, 6.07) is 8.53. The maximum absolute atomic E-state index is 12.1. The van der Waals surface area contributed by atoms with E-state index in [9.17, 15) is 4.79 Å². The molecule has 0 bridgehead atoms. The van der Waals surface area contributed by atoms with Gasteiger partial charge in [-0.05, 0) is 37.6 Å². The van der Waals surface area contributed by atoms with Crippen molar-refractivity contribution in [1.29, 1.82) is 0 Å². The average Bonchev–Trinajstić information content (AvgIpc) is 2.93. The number of benzene rings is 1. The Hall–Kier alpha value is -1.02. The minimum atomic E-state index is -0.521. The third-order valence-electron chi connectivity index (χ3n) is 4.07. The van der Waals surface area contributed by atoms with Crippen LogP contribution in [0.5, 0.6) is 5.75 Å². The van der Waals surface area contributed by atoms with E-state index in [0.717, 1.165) is 0 Å². The molecular formula is C17H14Br2Cl2N2O3. The van der Waals surface area contributed by atoms with E-state index in [-0.39, 0.29) is 15.7 Å². The fraction of sp³-hybridized carbons (Fsp3) is 0.294. The molecule has 9 heteroatoms. The second-order valence-corrected chi connectivity index (χ2v) is 10.7. The minimum Gasteiger partial charge on any atom is -0.486 e. The molecule has 0 aliphatic heterocycles. The lowest BCUT2D eigenvalue weighted by molar-refractivity contribution is -0.125. The number of hydrogen-bond acceptors (Lipinski definition) is 4. The zero-order valence-electron chi connectivity index (χ0n) is 13.6. The predicted molar refractivity (Wildman–Crippen MR) is 109 cm³/mol. The Balaban J connectivity index is 1.51. The highest BCUT2D eigenvalue weighted by Crippen LogP contribution is 2.66. The lowest BCUT2D eigenvalue weighted by Gasteiger charge is -2.09. The number of nitrogens with one attached hydrogen (secondary N) is 1. The fourth-order valence-electron chi connectivity index (χ4n) is 2.19. The molecule has 0 radical (unpaired) electrons. The van der Waals surface area contributed by atoms with Gasteiger partial charge in [-0.1, -0.05) is 55.1 Å². The van der Waals surface area contributed by atoms with E-state index in [2.05, 4.69) is 42.4 Å². The summed E-state index contributed by atoms with van der Waals surface area (Å²) in [5.41, 5.74) is 2.00. The number of ether oxygens (including phenoxy) is 1. The molecule has 3 rings (SSSR count). The SMILES string of the molecule is C[C@]1(C(=O)NN=Cc2ccc(COc3ccc(Cl)c(Cl)c3)o2)CC1(Br)Br. The van der Waals surface area contributed by atoms with Crippen LogP contribution in [0.2, 0.25) is 10.0 Å². The molecule has 1 aromatic carbocycles. The minimum absolute atomic E-state index is 0.169. The van der Waals surface area contributed by atoms with Gasteiger partial charge in [0.2, 0.25) is 5.91 Å². The number of carbonyl (C=O) groups is 1. The molecule has 1 saturated carbocycles. The quantitative estimate of drug-likeness (QED) is 0.308. The summed E-state index contributed by atoms with van der Waals surface area (Å²) in [6.45, 7) is 2.08. The van der Waals surface area contributed by atoms with Crippen molar-refractivity contribution in [1.82, 2.24) is 5.43 Å². The van der Waals surface area contributed by atoms with E-state index >= 15 is 0 Å². The Labute approximate surface area is 177 Å². The molecule has 1 fully saturated rings.